The number of oxime groups is 2. The molecule has 2 aromatic rings. The summed E-state index contributed by atoms with van der Waals surface area (Å²) in [4.78, 5) is 0. The van der Waals surface area contributed by atoms with Gasteiger partial charge >= 0.3 is 0 Å². The van der Waals surface area contributed by atoms with E-state index < -0.39 is 0 Å². The van der Waals surface area contributed by atoms with E-state index >= 15 is 0 Å². The molecular formula is C38H58N2O8. The van der Waals surface area contributed by atoms with Crippen LogP contribution in [-0.4, -0.2) is 74.7 Å². The first-order chi connectivity index (χ1) is 23.7. The van der Waals surface area contributed by atoms with Gasteiger partial charge in [-0.3, -0.25) is 0 Å². The Balaban J connectivity index is 1.57. The van der Waals surface area contributed by atoms with Crippen LogP contribution in [0.2, 0.25) is 0 Å². The largest absolute Gasteiger partial charge is 0.487 e. The van der Waals surface area contributed by atoms with Crippen LogP contribution in [0.3, 0.4) is 0 Å². The maximum Gasteiger partial charge on any atom is 0.161 e. The van der Waals surface area contributed by atoms with Crippen molar-refractivity contribution in [2.75, 3.05) is 52.9 Å². The molecule has 0 saturated heterocycles. The first kappa shape index (κ1) is 38.9. The van der Waals surface area contributed by atoms with Crippen LogP contribution in [0.1, 0.15) is 115 Å². The number of fused-ring (bicyclic) bond motifs is 2. The molecule has 1 heterocycles. The second kappa shape index (κ2) is 24.6. The summed E-state index contributed by atoms with van der Waals surface area (Å²) < 4.78 is 35.8. The summed E-state index contributed by atoms with van der Waals surface area (Å²) >= 11 is 0. The maximum absolute atomic E-state index is 9.74. The number of unbranched alkanes of at least 4 members (excludes halogenated alkanes) is 10. The third kappa shape index (κ3) is 14.7. The van der Waals surface area contributed by atoms with Crippen molar-refractivity contribution in [3.63, 3.8) is 0 Å². The molecule has 0 aliphatic carbocycles. The van der Waals surface area contributed by atoms with E-state index in [0.717, 1.165) is 36.8 Å². The number of rotatable bonds is 16. The van der Waals surface area contributed by atoms with E-state index in [0.29, 0.717) is 100 Å². The topological polar surface area (TPSA) is 121 Å². The minimum Gasteiger partial charge on any atom is -0.487 e. The van der Waals surface area contributed by atoms with Crippen molar-refractivity contribution in [3.8, 4) is 23.0 Å². The standard InChI is InChI=1S/C38H58N2O8/c1-3-5-7-9-11-13-15-33(39-41)31-17-19-35-37(29-31)47-27-23-43-22-26-46-36-20-18-32(30-38(36)48-28-24-44-21-25-45-35)34(40-42)16-14-12-10-8-6-4-2/h17-20,29-30,41-42H,3-16,21-28H2,1-2H3. The van der Waals surface area contributed by atoms with Crippen molar-refractivity contribution < 1.29 is 38.8 Å². The highest BCUT2D eigenvalue weighted by molar-refractivity contribution is 6.01. The third-order valence-corrected chi connectivity index (χ3v) is 8.27. The Labute approximate surface area is 287 Å². The van der Waals surface area contributed by atoms with Crippen LogP contribution in [0, 0.1) is 0 Å². The first-order valence-electron chi connectivity index (χ1n) is 18.1. The zero-order valence-electron chi connectivity index (χ0n) is 29.3. The Morgan fingerprint density at radius 1 is 0.479 bits per heavy atom. The van der Waals surface area contributed by atoms with Crippen LogP contribution in [-0.2, 0) is 9.47 Å². The first-order valence-corrected chi connectivity index (χ1v) is 18.1. The Morgan fingerprint density at radius 2 is 0.833 bits per heavy atom. The summed E-state index contributed by atoms with van der Waals surface area (Å²) in [7, 11) is 0. The van der Waals surface area contributed by atoms with Crippen molar-refractivity contribution in [2.24, 2.45) is 10.3 Å². The molecule has 268 valence electrons. The van der Waals surface area contributed by atoms with E-state index in [1.807, 2.05) is 36.4 Å². The fourth-order valence-electron chi connectivity index (χ4n) is 5.54. The molecule has 0 fully saturated rings. The zero-order valence-corrected chi connectivity index (χ0v) is 29.3. The molecule has 0 saturated carbocycles. The molecular weight excluding hydrogens is 612 g/mol. The fraction of sp³-hybridized carbons (Fsp3) is 0.632. The van der Waals surface area contributed by atoms with E-state index in [2.05, 4.69) is 24.2 Å². The van der Waals surface area contributed by atoms with Gasteiger partial charge in [0.15, 0.2) is 23.0 Å². The summed E-state index contributed by atoms with van der Waals surface area (Å²) in [5.74, 6) is 2.30. The van der Waals surface area contributed by atoms with Gasteiger partial charge < -0.3 is 38.8 Å². The van der Waals surface area contributed by atoms with Gasteiger partial charge in [-0.1, -0.05) is 88.4 Å². The second-order valence-corrected chi connectivity index (χ2v) is 12.1. The van der Waals surface area contributed by atoms with Crippen molar-refractivity contribution in [3.05, 3.63) is 47.5 Å². The monoisotopic (exact) mass is 670 g/mol. The molecule has 0 atom stereocenters. The lowest BCUT2D eigenvalue weighted by Crippen LogP contribution is -2.16. The Hall–Kier alpha value is -3.50. The minimum absolute atomic E-state index is 0.310. The van der Waals surface area contributed by atoms with Crippen LogP contribution in [0.15, 0.2) is 46.7 Å². The van der Waals surface area contributed by atoms with Gasteiger partial charge in [0.1, 0.15) is 26.4 Å². The molecule has 0 aromatic heterocycles. The highest BCUT2D eigenvalue weighted by Gasteiger charge is 2.14. The average molecular weight is 671 g/mol. The normalized spacial score (nSPS) is 15.5. The molecule has 10 nitrogen and oxygen atoms in total. The molecule has 0 unspecified atom stereocenters. The Kier molecular flexibility index (Phi) is 20.0. The number of benzene rings is 2. The lowest BCUT2D eigenvalue weighted by molar-refractivity contribution is 0.0640. The van der Waals surface area contributed by atoms with Crippen molar-refractivity contribution in [1.82, 2.24) is 0 Å². The molecule has 0 bridgehead atoms. The number of hydrogen-bond donors (Lipinski definition) is 2. The summed E-state index contributed by atoms with van der Waals surface area (Å²) in [6.07, 6.45) is 15.4. The van der Waals surface area contributed by atoms with Crippen molar-refractivity contribution in [1.29, 1.82) is 0 Å². The summed E-state index contributed by atoms with van der Waals surface area (Å²) in [5.41, 5.74) is 2.89. The van der Waals surface area contributed by atoms with E-state index in [1.165, 1.54) is 51.4 Å². The molecule has 48 heavy (non-hydrogen) atoms. The minimum atomic E-state index is 0.310. The molecule has 1 aliphatic heterocycles. The molecule has 3 rings (SSSR count). The highest BCUT2D eigenvalue weighted by Crippen LogP contribution is 2.31. The molecule has 0 amide bonds. The zero-order chi connectivity index (χ0) is 34.1. The van der Waals surface area contributed by atoms with Crippen molar-refractivity contribution in [2.45, 2.75) is 104 Å². The fourth-order valence-corrected chi connectivity index (χ4v) is 5.54. The van der Waals surface area contributed by atoms with Gasteiger partial charge in [0, 0.05) is 11.1 Å². The van der Waals surface area contributed by atoms with E-state index in [-0.39, 0.29) is 0 Å². The lowest BCUT2D eigenvalue weighted by atomic mass is 10.0. The van der Waals surface area contributed by atoms with Crippen LogP contribution < -0.4 is 18.9 Å². The molecule has 10 heteroatoms. The Morgan fingerprint density at radius 3 is 1.21 bits per heavy atom. The summed E-state index contributed by atoms with van der Waals surface area (Å²) in [6, 6.07) is 11.2. The molecule has 2 aromatic carbocycles. The number of nitrogens with zero attached hydrogens (tertiary/aromatic N) is 2. The summed E-state index contributed by atoms with van der Waals surface area (Å²) in [5, 5.41) is 26.7. The highest BCUT2D eigenvalue weighted by atomic mass is 16.6. The van der Waals surface area contributed by atoms with E-state index in [9.17, 15) is 10.4 Å². The van der Waals surface area contributed by atoms with Crippen LogP contribution >= 0.6 is 0 Å². The molecule has 1 aliphatic rings. The average Bonchev–Trinajstić information content (AvgIpc) is 3.10. The van der Waals surface area contributed by atoms with Crippen LogP contribution in [0.5, 0.6) is 23.0 Å². The SMILES string of the molecule is CCCCCCCCC(=NO)c1ccc2c(c1)OCCOCCOc1ccc(C(CCCCCCCC)=NO)cc1OCCOCCO2. The van der Waals surface area contributed by atoms with E-state index in [1.54, 1.807) is 0 Å². The third-order valence-electron chi connectivity index (χ3n) is 8.27. The van der Waals surface area contributed by atoms with Gasteiger partial charge in [0.25, 0.3) is 0 Å². The predicted octanol–water partition coefficient (Wildman–Crippen LogP) is 8.81. The second-order valence-electron chi connectivity index (χ2n) is 12.1. The van der Waals surface area contributed by atoms with Gasteiger partial charge in [-0.15, -0.1) is 0 Å². The van der Waals surface area contributed by atoms with Gasteiger partial charge in [-0.25, -0.2) is 0 Å². The summed E-state index contributed by atoms with van der Waals surface area (Å²) in [6.45, 7) is 7.11. The predicted molar refractivity (Wildman–Crippen MR) is 189 cm³/mol. The van der Waals surface area contributed by atoms with Crippen LogP contribution in [0.4, 0.5) is 0 Å². The quantitative estimate of drug-likeness (QED) is 0.0787. The lowest BCUT2D eigenvalue weighted by Gasteiger charge is -2.17. The van der Waals surface area contributed by atoms with Crippen molar-refractivity contribution >= 4 is 11.4 Å². The Bertz CT molecular complexity index is 1130. The number of hydrogen-bond acceptors (Lipinski definition) is 10. The van der Waals surface area contributed by atoms with Gasteiger partial charge in [0.2, 0.25) is 0 Å². The van der Waals surface area contributed by atoms with E-state index in [4.69, 9.17) is 28.4 Å². The van der Waals surface area contributed by atoms with Gasteiger partial charge in [-0.2, -0.15) is 0 Å². The maximum atomic E-state index is 9.74. The van der Waals surface area contributed by atoms with Gasteiger partial charge in [-0.05, 0) is 62.1 Å². The van der Waals surface area contributed by atoms with Crippen LogP contribution in [0.25, 0.3) is 0 Å². The molecule has 0 spiro atoms. The molecule has 0 radical (unpaired) electrons. The number of ether oxygens (including phenoxy) is 6. The smallest absolute Gasteiger partial charge is 0.161 e. The van der Waals surface area contributed by atoms with Gasteiger partial charge in [0.05, 0.1) is 37.9 Å². The molecule has 2 N–H and O–H groups in total.